The van der Waals surface area contributed by atoms with E-state index in [1.165, 1.54) is 24.3 Å². The molecular weight excluding hydrogens is 216 g/mol. The van der Waals surface area contributed by atoms with Crippen LogP contribution in [-0.4, -0.2) is 21.7 Å². The highest BCUT2D eigenvalue weighted by molar-refractivity contribution is 7.99. The summed E-state index contributed by atoms with van der Waals surface area (Å²) in [4.78, 5) is 0. The maximum atomic E-state index is 5.68. The molecule has 0 unspecified atom stereocenters. The number of aromatic nitrogens is 2. The van der Waals surface area contributed by atoms with E-state index >= 15 is 0 Å². The molecule has 1 aliphatic heterocycles. The van der Waals surface area contributed by atoms with Crippen molar-refractivity contribution in [3.05, 3.63) is 23.0 Å². The summed E-state index contributed by atoms with van der Waals surface area (Å²) in [6.07, 6.45) is 3.69. The van der Waals surface area contributed by atoms with Crippen LogP contribution in [0.5, 0.6) is 0 Å². The first-order valence-corrected chi connectivity index (χ1v) is 6.44. The minimum Gasteiger partial charge on any atom is -0.162 e. The summed E-state index contributed by atoms with van der Waals surface area (Å²) in [6.45, 7) is 0. The Labute approximate surface area is 93.4 Å². The minimum atomic E-state index is 0.480. The summed E-state index contributed by atoms with van der Waals surface area (Å²) >= 11 is 7.73. The fourth-order valence-corrected chi connectivity index (χ4v) is 3.00. The fraction of sp³-hybridized carbons (Fsp3) is 0.600. The number of thioether (sulfide) groups is 1. The van der Waals surface area contributed by atoms with Gasteiger partial charge in [0.2, 0.25) is 0 Å². The first-order chi connectivity index (χ1) is 6.84. The molecule has 2 heterocycles. The zero-order valence-electron chi connectivity index (χ0n) is 7.95. The Morgan fingerprint density at radius 2 is 2.07 bits per heavy atom. The highest BCUT2D eigenvalue weighted by Crippen LogP contribution is 2.25. The third-order valence-electron chi connectivity index (χ3n) is 2.53. The zero-order valence-corrected chi connectivity index (χ0v) is 9.52. The van der Waals surface area contributed by atoms with Gasteiger partial charge in [0.15, 0.2) is 5.15 Å². The smallest absolute Gasteiger partial charge is 0.151 e. The molecule has 0 atom stereocenters. The molecule has 0 amide bonds. The molecule has 76 valence electrons. The molecule has 14 heavy (non-hydrogen) atoms. The van der Waals surface area contributed by atoms with Gasteiger partial charge in [-0.15, -0.1) is 5.10 Å². The third kappa shape index (κ3) is 2.85. The Morgan fingerprint density at radius 1 is 1.29 bits per heavy atom. The summed E-state index contributed by atoms with van der Waals surface area (Å²) < 4.78 is 0. The summed E-state index contributed by atoms with van der Waals surface area (Å²) in [5, 5.41) is 8.42. The van der Waals surface area contributed by atoms with Crippen molar-refractivity contribution >= 4 is 23.4 Å². The van der Waals surface area contributed by atoms with Crippen molar-refractivity contribution in [3.8, 4) is 0 Å². The van der Waals surface area contributed by atoms with Gasteiger partial charge in [-0.2, -0.15) is 16.9 Å². The number of rotatable bonds is 2. The lowest BCUT2D eigenvalue weighted by atomic mass is 9.97. The van der Waals surface area contributed by atoms with Crippen molar-refractivity contribution in [3.63, 3.8) is 0 Å². The van der Waals surface area contributed by atoms with Gasteiger partial charge in [-0.25, -0.2) is 0 Å². The molecule has 0 saturated carbocycles. The molecule has 2 nitrogen and oxygen atoms in total. The molecule has 1 aromatic rings. The molecule has 1 saturated heterocycles. The Bertz CT molecular complexity index is 283. The van der Waals surface area contributed by atoms with E-state index in [9.17, 15) is 0 Å². The largest absolute Gasteiger partial charge is 0.162 e. The van der Waals surface area contributed by atoms with E-state index in [1.54, 1.807) is 0 Å². The Balaban J connectivity index is 1.92. The normalized spacial score (nSPS) is 18.4. The molecule has 0 bridgehead atoms. The Kier molecular flexibility index (Phi) is 3.65. The van der Waals surface area contributed by atoms with Gasteiger partial charge in [-0.1, -0.05) is 11.6 Å². The maximum absolute atomic E-state index is 5.68. The van der Waals surface area contributed by atoms with Crippen LogP contribution in [0.4, 0.5) is 0 Å². The first-order valence-electron chi connectivity index (χ1n) is 4.90. The van der Waals surface area contributed by atoms with E-state index in [1.807, 2.05) is 12.1 Å². The molecule has 2 rings (SSSR count). The van der Waals surface area contributed by atoms with Gasteiger partial charge in [-0.05, 0) is 48.8 Å². The van der Waals surface area contributed by atoms with Crippen molar-refractivity contribution in [1.82, 2.24) is 10.2 Å². The van der Waals surface area contributed by atoms with Crippen LogP contribution in [0.15, 0.2) is 12.1 Å². The highest BCUT2D eigenvalue weighted by atomic mass is 35.5. The average molecular weight is 229 g/mol. The van der Waals surface area contributed by atoms with Crippen LogP contribution in [0.1, 0.15) is 18.5 Å². The predicted octanol–water partition coefficient (Wildman–Crippen LogP) is 2.82. The average Bonchev–Trinajstić information content (AvgIpc) is 2.23. The van der Waals surface area contributed by atoms with E-state index in [-0.39, 0.29) is 0 Å². The highest BCUT2D eigenvalue weighted by Gasteiger charge is 2.14. The van der Waals surface area contributed by atoms with Crippen LogP contribution in [0.25, 0.3) is 0 Å². The quantitative estimate of drug-likeness (QED) is 0.779. The molecular formula is C10H13ClN2S. The summed E-state index contributed by atoms with van der Waals surface area (Å²) in [7, 11) is 0. The topological polar surface area (TPSA) is 25.8 Å². The second-order valence-electron chi connectivity index (χ2n) is 3.61. The van der Waals surface area contributed by atoms with Gasteiger partial charge in [0.05, 0.1) is 5.69 Å². The first kappa shape index (κ1) is 10.2. The van der Waals surface area contributed by atoms with Crippen molar-refractivity contribution in [2.24, 2.45) is 5.92 Å². The van der Waals surface area contributed by atoms with E-state index in [4.69, 9.17) is 11.6 Å². The van der Waals surface area contributed by atoms with Crippen molar-refractivity contribution in [2.75, 3.05) is 11.5 Å². The van der Waals surface area contributed by atoms with Gasteiger partial charge in [0.1, 0.15) is 0 Å². The molecule has 0 spiro atoms. The lowest BCUT2D eigenvalue weighted by Gasteiger charge is -2.20. The lowest BCUT2D eigenvalue weighted by molar-refractivity contribution is 0.480. The number of hydrogen-bond donors (Lipinski definition) is 0. The van der Waals surface area contributed by atoms with E-state index in [0.29, 0.717) is 5.15 Å². The van der Waals surface area contributed by atoms with E-state index in [2.05, 4.69) is 22.0 Å². The van der Waals surface area contributed by atoms with Crippen LogP contribution in [0.2, 0.25) is 5.15 Å². The molecule has 1 aliphatic rings. The lowest BCUT2D eigenvalue weighted by Crippen LogP contribution is -2.13. The molecule has 0 aromatic carbocycles. The van der Waals surface area contributed by atoms with Crippen LogP contribution < -0.4 is 0 Å². The number of hydrogen-bond acceptors (Lipinski definition) is 3. The molecule has 1 fully saturated rings. The second kappa shape index (κ2) is 4.99. The summed E-state index contributed by atoms with van der Waals surface area (Å²) in [5.74, 6) is 3.39. The second-order valence-corrected chi connectivity index (χ2v) is 5.22. The Hall–Kier alpha value is -0.280. The molecule has 0 aliphatic carbocycles. The minimum absolute atomic E-state index is 0.480. The summed E-state index contributed by atoms with van der Waals surface area (Å²) in [6, 6.07) is 3.80. The van der Waals surface area contributed by atoms with Gasteiger partial charge in [0, 0.05) is 0 Å². The molecule has 0 radical (unpaired) electrons. The van der Waals surface area contributed by atoms with Crippen LogP contribution >= 0.6 is 23.4 Å². The fourth-order valence-electron chi connectivity index (χ4n) is 1.70. The Morgan fingerprint density at radius 3 is 2.71 bits per heavy atom. The zero-order chi connectivity index (χ0) is 9.80. The van der Waals surface area contributed by atoms with E-state index < -0.39 is 0 Å². The maximum Gasteiger partial charge on any atom is 0.151 e. The summed E-state index contributed by atoms with van der Waals surface area (Å²) in [5.41, 5.74) is 1.08. The van der Waals surface area contributed by atoms with Crippen LogP contribution in [-0.2, 0) is 6.42 Å². The predicted molar refractivity (Wildman–Crippen MR) is 60.8 cm³/mol. The van der Waals surface area contributed by atoms with E-state index in [0.717, 1.165) is 18.0 Å². The van der Waals surface area contributed by atoms with Crippen LogP contribution in [0.3, 0.4) is 0 Å². The third-order valence-corrected chi connectivity index (χ3v) is 3.78. The van der Waals surface area contributed by atoms with Crippen molar-refractivity contribution in [1.29, 1.82) is 0 Å². The molecule has 0 N–H and O–H groups in total. The molecule has 1 aromatic heterocycles. The molecule has 4 heteroatoms. The van der Waals surface area contributed by atoms with Crippen LogP contribution in [0, 0.1) is 5.92 Å². The van der Waals surface area contributed by atoms with Crippen molar-refractivity contribution in [2.45, 2.75) is 19.3 Å². The van der Waals surface area contributed by atoms with Gasteiger partial charge >= 0.3 is 0 Å². The van der Waals surface area contributed by atoms with Gasteiger partial charge in [0.25, 0.3) is 0 Å². The number of nitrogens with zero attached hydrogens (tertiary/aromatic N) is 2. The SMILES string of the molecule is Clc1ccc(CC2CCSCC2)nn1. The number of halogens is 1. The van der Waals surface area contributed by atoms with Gasteiger partial charge < -0.3 is 0 Å². The monoisotopic (exact) mass is 228 g/mol. The standard InChI is InChI=1S/C10H13ClN2S/c11-10-2-1-9(12-13-10)7-8-3-5-14-6-4-8/h1-2,8H,3-7H2. The van der Waals surface area contributed by atoms with Gasteiger partial charge in [-0.3, -0.25) is 0 Å². The van der Waals surface area contributed by atoms with Crippen molar-refractivity contribution < 1.29 is 0 Å².